The monoisotopic (exact) mass is 1420 g/mol. The predicted octanol–water partition coefficient (Wildman–Crippen LogP) is 23.1. The van der Waals surface area contributed by atoms with Crippen LogP contribution in [0.5, 0.6) is 0 Å². The first-order valence-electron chi connectivity index (χ1n) is 40.5. The van der Waals surface area contributed by atoms with E-state index in [0.717, 1.165) is 102 Å². The fourth-order valence-corrected chi connectivity index (χ4v) is 13.6. The number of unbranched alkanes of at least 4 members (excludes halogenated alkanes) is 46. The van der Waals surface area contributed by atoms with Crippen LogP contribution in [-0.2, 0) is 65.4 Å². The van der Waals surface area contributed by atoms with Gasteiger partial charge in [-0.1, -0.05) is 356 Å². The molecule has 0 fully saturated rings. The third-order valence-electron chi connectivity index (χ3n) is 18.6. The van der Waals surface area contributed by atoms with E-state index in [-0.39, 0.29) is 25.7 Å². The van der Waals surface area contributed by atoms with Crippen molar-refractivity contribution < 1.29 is 80.2 Å². The number of rotatable bonds is 77. The highest BCUT2D eigenvalue weighted by atomic mass is 31.2. The number of hydrogen-bond acceptors (Lipinski definition) is 15. The standard InChI is InChI=1S/C78H152O17P2/c1-7-10-12-14-16-18-20-22-24-26-28-30-32-37-43-50-56-62-77(82)94-73(66-88-75(80)60-54-48-42-36-31-29-27-25-23-21-19-17-15-13-11-8-2)68-92-96(84,85)90-64-72(79)65-91-97(86,87)93-69-74(67-89-76(81)61-55-49-45-39-40-46-52-58-70(4)5)95-78(83)63-57-51-44-38-34-33-35-41-47-53-59-71(6)9-3/h70-74,79H,7-69H2,1-6H3,(H,84,85)(H,86,87)/t71?,72-,73-,74-/m1/s1. The summed E-state index contributed by atoms with van der Waals surface area (Å²) < 4.78 is 68.6. The fourth-order valence-electron chi connectivity index (χ4n) is 12.0. The molecule has 0 radical (unpaired) electrons. The van der Waals surface area contributed by atoms with Gasteiger partial charge in [-0.3, -0.25) is 37.3 Å². The quantitative estimate of drug-likeness (QED) is 0.0222. The number of carbonyl (C=O) groups is 4. The zero-order valence-electron chi connectivity index (χ0n) is 63.4. The molecule has 0 aliphatic rings. The highest BCUT2D eigenvalue weighted by Gasteiger charge is 2.30. The number of hydrogen-bond donors (Lipinski definition) is 3. The molecule has 0 rings (SSSR count). The van der Waals surface area contributed by atoms with Gasteiger partial charge in [0.1, 0.15) is 19.3 Å². The number of aliphatic hydroxyl groups excluding tert-OH is 1. The van der Waals surface area contributed by atoms with Crippen LogP contribution in [0, 0.1) is 11.8 Å². The topological polar surface area (TPSA) is 237 Å². The Hall–Kier alpha value is -1.94. The summed E-state index contributed by atoms with van der Waals surface area (Å²) in [5.74, 6) is -0.605. The molecule has 3 N–H and O–H groups in total. The van der Waals surface area contributed by atoms with Gasteiger partial charge in [-0.25, -0.2) is 9.13 Å². The van der Waals surface area contributed by atoms with Crippen molar-refractivity contribution in [2.75, 3.05) is 39.6 Å². The van der Waals surface area contributed by atoms with Crippen molar-refractivity contribution in [2.45, 2.75) is 426 Å². The zero-order valence-corrected chi connectivity index (χ0v) is 65.2. The Kier molecular flexibility index (Phi) is 68.4. The van der Waals surface area contributed by atoms with Crippen LogP contribution in [0.3, 0.4) is 0 Å². The van der Waals surface area contributed by atoms with Gasteiger partial charge in [0.2, 0.25) is 0 Å². The average molecular weight is 1420 g/mol. The molecule has 97 heavy (non-hydrogen) atoms. The summed E-state index contributed by atoms with van der Waals surface area (Å²) in [6.07, 6.45) is 58.2. The molecule has 3 unspecified atom stereocenters. The Bertz CT molecular complexity index is 1870. The molecule has 0 heterocycles. The molecule has 0 aromatic heterocycles. The minimum atomic E-state index is -4.96. The van der Waals surface area contributed by atoms with Crippen molar-refractivity contribution in [3.05, 3.63) is 0 Å². The van der Waals surface area contributed by atoms with Crippen LogP contribution in [0.1, 0.15) is 408 Å². The summed E-state index contributed by atoms with van der Waals surface area (Å²) in [4.78, 5) is 72.9. The van der Waals surface area contributed by atoms with Crippen LogP contribution < -0.4 is 0 Å². The number of phosphoric acid groups is 2. The molecule has 6 atom stereocenters. The van der Waals surface area contributed by atoms with E-state index < -0.39 is 97.5 Å². The number of phosphoric ester groups is 2. The number of ether oxygens (including phenoxy) is 4. The third-order valence-corrected chi connectivity index (χ3v) is 20.5. The van der Waals surface area contributed by atoms with Crippen LogP contribution in [0.2, 0.25) is 0 Å². The highest BCUT2D eigenvalue weighted by molar-refractivity contribution is 7.47. The summed E-state index contributed by atoms with van der Waals surface area (Å²) >= 11 is 0. The Balaban J connectivity index is 5.25. The highest BCUT2D eigenvalue weighted by Crippen LogP contribution is 2.45. The Morgan fingerprint density at radius 1 is 0.299 bits per heavy atom. The first-order chi connectivity index (χ1) is 46.9. The van der Waals surface area contributed by atoms with Crippen LogP contribution in [0.15, 0.2) is 0 Å². The van der Waals surface area contributed by atoms with Crippen LogP contribution in [0.4, 0.5) is 0 Å². The molecule has 0 aliphatic heterocycles. The van der Waals surface area contributed by atoms with E-state index in [1.54, 1.807) is 0 Å². The number of aliphatic hydroxyl groups is 1. The largest absolute Gasteiger partial charge is 0.472 e. The van der Waals surface area contributed by atoms with E-state index >= 15 is 0 Å². The maximum atomic E-state index is 13.1. The van der Waals surface area contributed by atoms with E-state index in [4.69, 9.17) is 37.0 Å². The van der Waals surface area contributed by atoms with Crippen molar-refractivity contribution >= 4 is 39.5 Å². The summed E-state index contributed by atoms with van der Waals surface area (Å²) in [6.45, 7) is 9.59. The molecule has 0 aromatic carbocycles. The second-order valence-electron chi connectivity index (χ2n) is 28.8. The van der Waals surface area contributed by atoms with Gasteiger partial charge >= 0.3 is 39.5 Å². The Morgan fingerprint density at radius 2 is 0.526 bits per heavy atom. The van der Waals surface area contributed by atoms with Gasteiger partial charge in [0, 0.05) is 25.7 Å². The summed E-state index contributed by atoms with van der Waals surface area (Å²) in [7, 11) is -9.92. The lowest BCUT2D eigenvalue weighted by Crippen LogP contribution is -2.30. The van der Waals surface area contributed by atoms with E-state index in [9.17, 15) is 43.2 Å². The van der Waals surface area contributed by atoms with Crippen molar-refractivity contribution in [1.82, 2.24) is 0 Å². The molecule has 576 valence electrons. The predicted molar refractivity (Wildman–Crippen MR) is 395 cm³/mol. The minimum absolute atomic E-state index is 0.106. The Morgan fingerprint density at radius 3 is 0.784 bits per heavy atom. The van der Waals surface area contributed by atoms with Crippen molar-refractivity contribution in [1.29, 1.82) is 0 Å². The van der Waals surface area contributed by atoms with Gasteiger partial charge in [0.05, 0.1) is 26.4 Å². The molecule has 0 amide bonds. The lowest BCUT2D eigenvalue weighted by Gasteiger charge is -2.21. The number of carbonyl (C=O) groups excluding carboxylic acids is 4. The minimum Gasteiger partial charge on any atom is -0.462 e. The lowest BCUT2D eigenvalue weighted by atomic mass is 9.99. The summed E-state index contributed by atoms with van der Waals surface area (Å²) in [6, 6.07) is 0. The molecule has 0 saturated carbocycles. The van der Waals surface area contributed by atoms with Crippen molar-refractivity contribution in [3.63, 3.8) is 0 Å². The first-order valence-corrected chi connectivity index (χ1v) is 43.5. The lowest BCUT2D eigenvalue weighted by molar-refractivity contribution is -0.161. The average Bonchev–Trinajstić information content (AvgIpc) is 1.10. The molecular weight excluding hydrogens is 1270 g/mol. The zero-order chi connectivity index (χ0) is 71.4. The van der Waals surface area contributed by atoms with Crippen molar-refractivity contribution in [3.8, 4) is 0 Å². The molecule has 17 nitrogen and oxygen atoms in total. The molecular formula is C78H152O17P2. The van der Waals surface area contributed by atoms with Crippen LogP contribution in [0.25, 0.3) is 0 Å². The van der Waals surface area contributed by atoms with Gasteiger partial charge in [-0.2, -0.15) is 0 Å². The van der Waals surface area contributed by atoms with Gasteiger partial charge in [-0.05, 0) is 37.5 Å². The van der Waals surface area contributed by atoms with Crippen LogP contribution >= 0.6 is 15.6 Å². The number of esters is 4. The van der Waals surface area contributed by atoms with Gasteiger partial charge in [0.15, 0.2) is 12.2 Å². The van der Waals surface area contributed by atoms with Gasteiger partial charge in [-0.15, -0.1) is 0 Å². The van der Waals surface area contributed by atoms with Gasteiger partial charge in [0.25, 0.3) is 0 Å². The van der Waals surface area contributed by atoms with E-state index in [2.05, 4.69) is 41.5 Å². The first kappa shape index (κ1) is 95.1. The maximum absolute atomic E-state index is 13.1. The molecule has 19 heteroatoms. The summed E-state index contributed by atoms with van der Waals surface area (Å²) in [5, 5.41) is 10.6. The SMILES string of the molecule is CCCCCCCCCCCCCCCCCCCC(=O)O[C@H](COC(=O)CCCCCCCCCCCCCCCCCC)COP(=O)(O)OC[C@@H](O)COP(=O)(O)OC[C@@H](COC(=O)CCCCCCCCCC(C)C)OC(=O)CCCCCCCCCCCCC(C)CC. The fraction of sp³-hybridized carbons (Fsp3) is 0.949. The van der Waals surface area contributed by atoms with Crippen molar-refractivity contribution in [2.24, 2.45) is 11.8 Å². The van der Waals surface area contributed by atoms with E-state index in [1.807, 2.05) is 0 Å². The maximum Gasteiger partial charge on any atom is 0.472 e. The second-order valence-corrected chi connectivity index (χ2v) is 31.7. The molecule has 0 bridgehead atoms. The van der Waals surface area contributed by atoms with Crippen LogP contribution in [-0.4, -0.2) is 96.7 Å². The van der Waals surface area contributed by atoms with Gasteiger partial charge < -0.3 is 33.8 Å². The molecule has 0 aromatic rings. The molecule has 0 saturated heterocycles. The molecule has 0 spiro atoms. The van der Waals surface area contributed by atoms with E-state index in [0.29, 0.717) is 31.6 Å². The summed E-state index contributed by atoms with van der Waals surface area (Å²) in [5.41, 5.74) is 0. The van der Waals surface area contributed by atoms with E-state index in [1.165, 1.54) is 218 Å². The second kappa shape index (κ2) is 69.8. The normalized spacial score (nSPS) is 14.2. The Labute approximate surface area is 594 Å². The molecule has 0 aliphatic carbocycles. The smallest absolute Gasteiger partial charge is 0.462 e. The third kappa shape index (κ3) is 70.9.